The van der Waals surface area contributed by atoms with Gasteiger partial charge in [-0.15, -0.1) is 0 Å². The van der Waals surface area contributed by atoms with Crippen LogP contribution < -0.4 is 5.32 Å². The van der Waals surface area contributed by atoms with Crippen molar-refractivity contribution >= 4 is 5.91 Å². The average molecular weight is 272 g/mol. The van der Waals surface area contributed by atoms with Gasteiger partial charge in [-0.2, -0.15) is 0 Å². The molecule has 0 radical (unpaired) electrons. The van der Waals surface area contributed by atoms with Gasteiger partial charge in [-0.05, 0) is 51.3 Å². The number of carbonyl (C=O) groups excluding carboxylic acids is 1. The summed E-state index contributed by atoms with van der Waals surface area (Å²) in [5.74, 6) is 0.986. The number of carbonyl (C=O) groups is 1. The van der Waals surface area contributed by atoms with Crippen LogP contribution >= 0.6 is 0 Å². The van der Waals surface area contributed by atoms with Crippen molar-refractivity contribution in [2.45, 2.75) is 45.7 Å². The molecule has 2 atom stereocenters. The van der Waals surface area contributed by atoms with E-state index in [2.05, 4.69) is 42.3 Å². The highest BCUT2D eigenvalue weighted by Crippen LogP contribution is 2.30. The lowest BCUT2D eigenvalue weighted by Crippen LogP contribution is -2.54. The molecule has 2 unspecified atom stereocenters. The summed E-state index contributed by atoms with van der Waals surface area (Å²) in [6.45, 7) is 7.14. The zero-order valence-electron chi connectivity index (χ0n) is 12.5. The Morgan fingerprint density at radius 3 is 2.70 bits per heavy atom. The van der Waals surface area contributed by atoms with Gasteiger partial charge >= 0.3 is 0 Å². The molecule has 1 aromatic rings. The van der Waals surface area contributed by atoms with Crippen molar-refractivity contribution in [2.24, 2.45) is 5.92 Å². The zero-order chi connectivity index (χ0) is 14.1. The molecule has 0 spiro atoms. The molecule has 0 saturated carbocycles. The lowest BCUT2D eigenvalue weighted by molar-refractivity contribution is -0.140. The van der Waals surface area contributed by atoms with Gasteiger partial charge in [-0.1, -0.05) is 29.3 Å². The van der Waals surface area contributed by atoms with Gasteiger partial charge < -0.3 is 10.2 Å². The van der Waals surface area contributed by atoms with Crippen LogP contribution in [0.3, 0.4) is 0 Å². The minimum Gasteiger partial charge on any atom is -0.335 e. The lowest BCUT2D eigenvalue weighted by Gasteiger charge is -2.44. The van der Waals surface area contributed by atoms with E-state index in [0.29, 0.717) is 24.3 Å². The number of amides is 1. The topological polar surface area (TPSA) is 32.3 Å². The van der Waals surface area contributed by atoms with Crippen LogP contribution in [-0.2, 0) is 11.3 Å². The Hall–Kier alpha value is -1.35. The summed E-state index contributed by atoms with van der Waals surface area (Å²) in [4.78, 5) is 14.5. The lowest BCUT2D eigenvalue weighted by atomic mass is 9.84. The molecule has 2 aliphatic rings. The standard InChI is InChI=1S/C17H24N2O/c1-12-7-13(2)9-14(8-12)11-19-16-5-6-18-10-15(16)3-4-17(19)20/h7-9,15-16,18H,3-6,10-11H2,1-2H3. The highest BCUT2D eigenvalue weighted by atomic mass is 16.2. The van der Waals surface area contributed by atoms with Crippen LogP contribution in [0.2, 0.25) is 0 Å². The van der Waals surface area contributed by atoms with E-state index < -0.39 is 0 Å². The van der Waals surface area contributed by atoms with E-state index in [1.165, 1.54) is 16.7 Å². The first-order valence-electron chi connectivity index (χ1n) is 7.71. The molecule has 2 aliphatic heterocycles. The maximum atomic E-state index is 12.3. The Kier molecular flexibility index (Phi) is 3.79. The summed E-state index contributed by atoms with van der Waals surface area (Å²) in [6, 6.07) is 7.06. The third-order valence-corrected chi connectivity index (χ3v) is 4.65. The van der Waals surface area contributed by atoms with Crippen LogP contribution in [0.1, 0.15) is 36.0 Å². The van der Waals surface area contributed by atoms with Gasteiger partial charge in [0.15, 0.2) is 0 Å². The van der Waals surface area contributed by atoms with Crippen LogP contribution in [0, 0.1) is 19.8 Å². The van der Waals surface area contributed by atoms with Gasteiger partial charge in [-0.3, -0.25) is 4.79 Å². The molecular weight excluding hydrogens is 248 g/mol. The molecule has 108 valence electrons. The Balaban J connectivity index is 1.81. The number of fused-ring (bicyclic) bond motifs is 1. The summed E-state index contributed by atoms with van der Waals surface area (Å²) in [6.07, 6.45) is 2.87. The molecule has 2 heterocycles. The first-order valence-corrected chi connectivity index (χ1v) is 7.71. The summed E-state index contributed by atoms with van der Waals surface area (Å²) in [7, 11) is 0. The van der Waals surface area contributed by atoms with Crippen molar-refractivity contribution in [2.75, 3.05) is 13.1 Å². The Morgan fingerprint density at radius 1 is 1.20 bits per heavy atom. The molecule has 0 aromatic heterocycles. The molecule has 1 N–H and O–H groups in total. The number of hydrogen-bond acceptors (Lipinski definition) is 2. The minimum absolute atomic E-state index is 0.340. The van der Waals surface area contributed by atoms with Crippen molar-refractivity contribution in [3.63, 3.8) is 0 Å². The fourth-order valence-electron chi connectivity index (χ4n) is 3.81. The quantitative estimate of drug-likeness (QED) is 0.896. The van der Waals surface area contributed by atoms with Crippen LogP contribution in [0.15, 0.2) is 18.2 Å². The molecule has 3 heteroatoms. The van der Waals surface area contributed by atoms with Crippen molar-refractivity contribution in [3.05, 3.63) is 34.9 Å². The zero-order valence-corrected chi connectivity index (χ0v) is 12.5. The van der Waals surface area contributed by atoms with E-state index in [4.69, 9.17) is 0 Å². The second kappa shape index (κ2) is 5.57. The smallest absolute Gasteiger partial charge is 0.223 e. The normalized spacial score (nSPS) is 26.5. The van der Waals surface area contributed by atoms with Crippen molar-refractivity contribution in [1.82, 2.24) is 10.2 Å². The first kappa shape index (κ1) is 13.6. The van der Waals surface area contributed by atoms with E-state index in [-0.39, 0.29) is 0 Å². The Labute approximate surface area is 121 Å². The number of aryl methyl sites for hydroxylation is 2. The molecule has 1 amide bonds. The Bertz CT molecular complexity index is 491. The fraction of sp³-hybridized carbons (Fsp3) is 0.588. The van der Waals surface area contributed by atoms with Gasteiger partial charge in [-0.25, -0.2) is 0 Å². The van der Waals surface area contributed by atoms with Gasteiger partial charge in [0.1, 0.15) is 0 Å². The van der Waals surface area contributed by atoms with Crippen LogP contribution in [0.4, 0.5) is 0 Å². The number of hydrogen-bond donors (Lipinski definition) is 1. The molecule has 0 bridgehead atoms. The van der Waals surface area contributed by atoms with Gasteiger partial charge in [0, 0.05) is 19.0 Å². The highest BCUT2D eigenvalue weighted by Gasteiger charge is 2.36. The van der Waals surface area contributed by atoms with Gasteiger partial charge in [0.25, 0.3) is 0 Å². The third kappa shape index (κ3) is 2.73. The van der Waals surface area contributed by atoms with Gasteiger partial charge in [0.2, 0.25) is 5.91 Å². The summed E-state index contributed by atoms with van der Waals surface area (Å²) >= 11 is 0. The Morgan fingerprint density at radius 2 is 1.95 bits per heavy atom. The minimum atomic E-state index is 0.340. The predicted molar refractivity (Wildman–Crippen MR) is 80.5 cm³/mol. The van der Waals surface area contributed by atoms with E-state index in [9.17, 15) is 4.79 Å². The van der Waals surface area contributed by atoms with E-state index in [1.54, 1.807) is 0 Å². The molecule has 0 aliphatic carbocycles. The number of nitrogens with one attached hydrogen (secondary N) is 1. The number of nitrogens with zero attached hydrogens (tertiary/aromatic N) is 1. The molecule has 3 nitrogen and oxygen atoms in total. The van der Waals surface area contributed by atoms with Crippen molar-refractivity contribution in [3.8, 4) is 0 Å². The predicted octanol–water partition coefficient (Wildman–Crippen LogP) is 2.40. The first-order chi connectivity index (χ1) is 9.63. The van der Waals surface area contributed by atoms with Crippen LogP contribution in [0.5, 0.6) is 0 Å². The van der Waals surface area contributed by atoms with Crippen LogP contribution in [0.25, 0.3) is 0 Å². The van der Waals surface area contributed by atoms with Crippen molar-refractivity contribution in [1.29, 1.82) is 0 Å². The molecule has 20 heavy (non-hydrogen) atoms. The molecular formula is C17H24N2O. The average Bonchev–Trinajstić information content (AvgIpc) is 2.41. The number of benzene rings is 1. The summed E-state index contributed by atoms with van der Waals surface area (Å²) in [5, 5.41) is 3.46. The molecule has 2 fully saturated rings. The summed E-state index contributed by atoms with van der Waals surface area (Å²) < 4.78 is 0. The summed E-state index contributed by atoms with van der Waals surface area (Å²) in [5.41, 5.74) is 3.84. The van der Waals surface area contributed by atoms with E-state index >= 15 is 0 Å². The fourth-order valence-corrected chi connectivity index (χ4v) is 3.81. The van der Waals surface area contributed by atoms with Crippen LogP contribution in [-0.4, -0.2) is 29.9 Å². The van der Waals surface area contributed by atoms with E-state index in [1.807, 2.05) is 0 Å². The number of piperidine rings is 2. The largest absolute Gasteiger partial charge is 0.335 e. The van der Waals surface area contributed by atoms with Gasteiger partial charge in [0.05, 0.1) is 0 Å². The number of likely N-dealkylation sites (tertiary alicyclic amines) is 1. The second-order valence-corrected chi connectivity index (χ2v) is 6.38. The van der Waals surface area contributed by atoms with E-state index in [0.717, 1.165) is 32.5 Å². The number of rotatable bonds is 2. The second-order valence-electron chi connectivity index (χ2n) is 6.38. The third-order valence-electron chi connectivity index (χ3n) is 4.65. The maximum Gasteiger partial charge on any atom is 0.223 e. The molecule has 3 rings (SSSR count). The highest BCUT2D eigenvalue weighted by molar-refractivity contribution is 5.77. The molecule has 1 aromatic carbocycles. The van der Waals surface area contributed by atoms with Crippen molar-refractivity contribution < 1.29 is 4.79 Å². The SMILES string of the molecule is Cc1cc(C)cc(CN2C(=O)CCC3CNCCC32)c1. The monoisotopic (exact) mass is 272 g/mol. The molecule has 2 saturated heterocycles. The maximum absolute atomic E-state index is 12.3.